The number of aromatic nitrogens is 2. The third kappa shape index (κ3) is 2.83. The monoisotopic (exact) mass is 356 g/mol. The Hall–Kier alpha value is -3.15. The fourth-order valence-corrected chi connectivity index (χ4v) is 2.96. The van der Waals surface area contributed by atoms with E-state index in [1.165, 1.54) is 28.9 Å². The first-order chi connectivity index (χ1) is 12.5. The smallest absolute Gasteiger partial charge is 0.159 e. The van der Waals surface area contributed by atoms with E-state index in [1.54, 1.807) is 24.3 Å². The van der Waals surface area contributed by atoms with E-state index in [0.717, 1.165) is 12.1 Å². The van der Waals surface area contributed by atoms with Gasteiger partial charge in [-0.2, -0.15) is 5.10 Å². The molecule has 1 heterocycles. The van der Waals surface area contributed by atoms with E-state index in [-0.39, 0.29) is 12.1 Å². The van der Waals surface area contributed by atoms with Gasteiger partial charge < -0.3 is 0 Å². The first kappa shape index (κ1) is 16.3. The van der Waals surface area contributed by atoms with Crippen LogP contribution in [0, 0.1) is 23.3 Å². The van der Waals surface area contributed by atoms with Gasteiger partial charge in [0.25, 0.3) is 0 Å². The van der Waals surface area contributed by atoms with Gasteiger partial charge in [-0.25, -0.2) is 17.6 Å². The molecule has 0 aliphatic carbocycles. The summed E-state index contributed by atoms with van der Waals surface area (Å²) in [6, 6.07) is 13.9. The maximum absolute atomic E-state index is 14.2. The van der Waals surface area contributed by atoms with E-state index in [1.807, 2.05) is 0 Å². The van der Waals surface area contributed by atoms with E-state index < -0.39 is 23.3 Å². The molecule has 0 atom stereocenters. The predicted molar refractivity (Wildman–Crippen MR) is 90.5 cm³/mol. The molecule has 6 heteroatoms. The molecule has 4 rings (SSSR count). The summed E-state index contributed by atoms with van der Waals surface area (Å²) < 4.78 is 55.6. The normalized spacial score (nSPS) is 11.2. The standard InChI is InChI=1S/C20H12F4N2/c21-14-7-5-13(6-8-14)20-15-2-1-3-17(23)19(15)25-26(20)11-12-4-9-16(22)18(24)10-12/h1-10H,11H2. The molecule has 0 saturated heterocycles. The molecule has 130 valence electrons. The first-order valence-corrected chi connectivity index (χ1v) is 7.88. The highest BCUT2D eigenvalue weighted by Gasteiger charge is 2.16. The van der Waals surface area contributed by atoms with Crippen molar-refractivity contribution < 1.29 is 17.6 Å². The van der Waals surface area contributed by atoms with E-state index in [4.69, 9.17) is 0 Å². The second kappa shape index (κ2) is 6.29. The molecule has 1 aromatic heterocycles. The van der Waals surface area contributed by atoms with Crippen molar-refractivity contribution in [1.29, 1.82) is 0 Å². The topological polar surface area (TPSA) is 17.8 Å². The molecular weight excluding hydrogens is 344 g/mol. The summed E-state index contributed by atoms with van der Waals surface area (Å²) in [6.07, 6.45) is 0. The zero-order valence-corrected chi connectivity index (χ0v) is 13.4. The molecular formula is C20H12F4N2. The molecule has 2 nitrogen and oxygen atoms in total. The van der Waals surface area contributed by atoms with Crippen LogP contribution in [0.15, 0.2) is 60.7 Å². The van der Waals surface area contributed by atoms with Gasteiger partial charge in [-0.3, -0.25) is 4.68 Å². The summed E-state index contributed by atoms with van der Waals surface area (Å²) in [5, 5.41) is 4.84. The largest absolute Gasteiger partial charge is 0.259 e. The zero-order chi connectivity index (χ0) is 18.3. The SMILES string of the molecule is Fc1ccc(-c2c3cccc(F)c3nn2Cc2ccc(F)c(F)c2)cc1. The van der Waals surface area contributed by atoms with Gasteiger partial charge in [0.1, 0.15) is 11.3 Å². The Morgan fingerprint density at radius 3 is 2.27 bits per heavy atom. The minimum atomic E-state index is -0.964. The molecule has 4 aromatic rings. The highest BCUT2D eigenvalue weighted by Crippen LogP contribution is 2.31. The first-order valence-electron chi connectivity index (χ1n) is 7.88. The predicted octanol–water partition coefficient (Wildman–Crippen LogP) is 5.31. The molecule has 26 heavy (non-hydrogen) atoms. The van der Waals surface area contributed by atoms with Crippen molar-refractivity contribution in [3.05, 3.63) is 89.5 Å². The van der Waals surface area contributed by atoms with Crippen LogP contribution in [0.1, 0.15) is 5.56 Å². The van der Waals surface area contributed by atoms with E-state index >= 15 is 0 Å². The quantitative estimate of drug-likeness (QED) is 0.455. The third-order valence-corrected chi connectivity index (χ3v) is 4.15. The van der Waals surface area contributed by atoms with Crippen LogP contribution in [0.3, 0.4) is 0 Å². The van der Waals surface area contributed by atoms with Crippen LogP contribution in [0.25, 0.3) is 22.2 Å². The molecule has 0 bridgehead atoms. The zero-order valence-electron chi connectivity index (χ0n) is 13.4. The van der Waals surface area contributed by atoms with Gasteiger partial charge in [0.15, 0.2) is 17.5 Å². The van der Waals surface area contributed by atoms with Crippen LogP contribution in [0.4, 0.5) is 17.6 Å². The van der Waals surface area contributed by atoms with Crippen LogP contribution in [0.5, 0.6) is 0 Å². The van der Waals surface area contributed by atoms with E-state index in [9.17, 15) is 17.6 Å². The lowest BCUT2D eigenvalue weighted by Crippen LogP contribution is -2.04. The van der Waals surface area contributed by atoms with Crippen LogP contribution in [0.2, 0.25) is 0 Å². The van der Waals surface area contributed by atoms with Gasteiger partial charge >= 0.3 is 0 Å². The fourth-order valence-electron chi connectivity index (χ4n) is 2.96. The van der Waals surface area contributed by atoms with Crippen molar-refractivity contribution >= 4 is 10.9 Å². The summed E-state index contributed by atoms with van der Waals surface area (Å²) in [6.45, 7) is 0.109. The molecule has 0 fully saturated rings. The van der Waals surface area contributed by atoms with Crippen molar-refractivity contribution in [3.63, 3.8) is 0 Å². The van der Waals surface area contributed by atoms with Crippen molar-refractivity contribution in [3.8, 4) is 11.3 Å². The van der Waals surface area contributed by atoms with Gasteiger partial charge in [0.2, 0.25) is 0 Å². The van der Waals surface area contributed by atoms with Gasteiger partial charge in [0, 0.05) is 10.9 Å². The van der Waals surface area contributed by atoms with Crippen molar-refractivity contribution in [2.24, 2.45) is 0 Å². The molecule has 0 unspecified atom stereocenters. The summed E-state index contributed by atoms with van der Waals surface area (Å²) in [4.78, 5) is 0. The maximum atomic E-state index is 14.2. The number of benzene rings is 3. The lowest BCUT2D eigenvalue weighted by atomic mass is 10.1. The van der Waals surface area contributed by atoms with Crippen molar-refractivity contribution in [2.45, 2.75) is 6.54 Å². The summed E-state index contributed by atoms with van der Waals surface area (Å²) in [7, 11) is 0. The lowest BCUT2D eigenvalue weighted by molar-refractivity contribution is 0.506. The van der Waals surface area contributed by atoms with E-state index in [0.29, 0.717) is 22.2 Å². The molecule has 0 N–H and O–H groups in total. The number of halogens is 4. The van der Waals surface area contributed by atoms with Gasteiger partial charge in [-0.05, 0) is 48.0 Å². The molecule has 0 amide bonds. The second-order valence-electron chi connectivity index (χ2n) is 5.90. The molecule has 0 saturated carbocycles. The number of fused-ring (bicyclic) bond motifs is 1. The Morgan fingerprint density at radius 2 is 1.54 bits per heavy atom. The number of hydrogen-bond acceptors (Lipinski definition) is 1. The number of hydrogen-bond donors (Lipinski definition) is 0. The van der Waals surface area contributed by atoms with Crippen LogP contribution < -0.4 is 0 Å². The van der Waals surface area contributed by atoms with Crippen molar-refractivity contribution in [1.82, 2.24) is 9.78 Å². The van der Waals surface area contributed by atoms with Gasteiger partial charge in [-0.1, -0.05) is 18.2 Å². The fraction of sp³-hybridized carbons (Fsp3) is 0.0500. The molecule has 3 aromatic carbocycles. The Labute approximate surface area is 146 Å². The average Bonchev–Trinajstić information content (AvgIpc) is 2.98. The number of rotatable bonds is 3. The second-order valence-corrected chi connectivity index (χ2v) is 5.90. The van der Waals surface area contributed by atoms with Gasteiger partial charge in [-0.15, -0.1) is 0 Å². The van der Waals surface area contributed by atoms with Gasteiger partial charge in [0.05, 0.1) is 12.2 Å². The molecule has 0 aliphatic heterocycles. The molecule has 0 aliphatic rings. The minimum absolute atomic E-state index is 0.109. The third-order valence-electron chi connectivity index (χ3n) is 4.15. The lowest BCUT2D eigenvalue weighted by Gasteiger charge is -2.09. The highest BCUT2D eigenvalue weighted by atomic mass is 19.2. The Balaban J connectivity index is 1.90. The minimum Gasteiger partial charge on any atom is -0.259 e. The Kier molecular flexibility index (Phi) is 3.95. The number of nitrogens with zero attached hydrogens (tertiary/aromatic N) is 2. The molecule has 0 radical (unpaired) electrons. The van der Waals surface area contributed by atoms with Crippen molar-refractivity contribution in [2.75, 3.05) is 0 Å². The van der Waals surface area contributed by atoms with Crippen LogP contribution in [-0.4, -0.2) is 9.78 Å². The molecule has 0 spiro atoms. The Bertz CT molecular complexity index is 1100. The van der Waals surface area contributed by atoms with E-state index in [2.05, 4.69) is 5.10 Å². The van der Waals surface area contributed by atoms with Crippen LogP contribution >= 0.6 is 0 Å². The summed E-state index contributed by atoms with van der Waals surface area (Å²) >= 11 is 0. The highest BCUT2D eigenvalue weighted by molar-refractivity contribution is 5.93. The van der Waals surface area contributed by atoms with Crippen LogP contribution in [-0.2, 0) is 6.54 Å². The summed E-state index contributed by atoms with van der Waals surface area (Å²) in [5.41, 5.74) is 1.85. The summed E-state index contributed by atoms with van der Waals surface area (Å²) in [5.74, 6) is -2.79. The average molecular weight is 356 g/mol. The maximum Gasteiger partial charge on any atom is 0.159 e. The Morgan fingerprint density at radius 1 is 0.769 bits per heavy atom.